The first-order valence-electron chi connectivity index (χ1n) is 8.55. The Morgan fingerprint density at radius 1 is 1.24 bits per heavy atom. The summed E-state index contributed by atoms with van der Waals surface area (Å²) < 4.78 is 10.5. The molecule has 7 heteroatoms. The molecule has 2 amide bonds. The first kappa shape index (κ1) is 17.7. The van der Waals surface area contributed by atoms with E-state index in [9.17, 15) is 9.59 Å². The molecule has 0 N–H and O–H groups in total. The van der Waals surface area contributed by atoms with Gasteiger partial charge in [-0.05, 0) is 44.1 Å². The van der Waals surface area contributed by atoms with Crippen LogP contribution in [0.15, 0.2) is 24.3 Å². The lowest BCUT2D eigenvalue weighted by molar-refractivity contribution is -0.130. The number of imide groups is 1. The number of benzene rings is 1. The van der Waals surface area contributed by atoms with E-state index in [4.69, 9.17) is 21.7 Å². The number of para-hydroxylation sites is 2. The van der Waals surface area contributed by atoms with Crippen molar-refractivity contribution < 1.29 is 19.1 Å². The Balaban J connectivity index is 2.11. The Morgan fingerprint density at radius 3 is 2.56 bits per heavy atom. The van der Waals surface area contributed by atoms with Crippen molar-refractivity contribution in [2.24, 2.45) is 0 Å². The SMILES string of the molecule is CCOC(=O)N1C(=O)C2(CCCCC2)N(c2ccccc2OC)C1=S. The summed E-state index contributed by atoms with van der Waals surface area (Å²) in [5, 5.41) is 0.162. The van der Waals surface area contributed by atoms with Crippen molar-refractivity contribution in [3.63, 3.8) is 0 Å². The molecule has 3 rings (SSSR count). The van der Waals surface area contributed by atoms with Gasteiger partial charge >= 0.3 is 6.09 Å². The van der Waals surface area contributed by atoms with Crippen molar-refractivity contribution in [2.75, 3.05) is 18.6 Å². The zero-order chi connectivity index (χ0) is 18.0. The van der Waals surface area contributed by atoms with E-state index in [1.165, 1.54) is 0 Å². The van der Waals surface area contributed by atoms with Crippen molar-refractivity contribution in [1.29, 1.82) is 0 Å². The van der Waals surface area contributed by atoms with Gasteiger partial charge in [-0.3, -0.25) is 9.69 Å². The normalized spacial score (nSPS) is 19.4. The highest BCUT2D eigenvalue weighted by Gasteiger charge is 2.58. The highest BCUT2D eigenvalue weighted by atomic mass is 32.1. The van der Waals surface area contributed by atoms with Gasteiger partial charge in [-0.1, -0.05) is 31.4 Å². The van der Waals surface area contributed by atoms with E-state index in [2.05, 4.69) is 0 Å². The molecule has 2 fully saturated rings. The summed E-state index contributed by atoms with van der Waals surface area (Å²) in [7, 11) is 1.58. The third-order valence-corrected chi connectivity index (χ3v) is 5.23. The first-order valence-corrected chi connectivity index (χ1v) is 8.96. The molecule has 1 saturated carbocycles. The summed E-state index contributed by atoms with van der Waals surface area (Å²) in [6, 6.07) is 7.42. The number of thiocarbonyl (C=S) groups is 1. The highest BCUT2D eigenvalue weighted by molar-refractivity contribution is 7.80. The van der Waals surface area contributed by atoms with Crippen LogP contribution in [0.1, 0.15) is 39.0 Å². The second-order valence-electron chi connectivity index (χ2n) is 6.22. The van der Waals surface area contributed by atoms with E-state index in [1.807, 2.05) is 24.3 Å². The molecule has 0 unspecified atom stereocenters. The van der Waals surface area contributed by atoms with Gasteiger partial charge in [0.1, 0.15) is 11.3 Å². The molecule has 134 valence electrons. The molecule has 1 aromatic carbocycles. The molecule has 1 aliphatic carbocycles. The topological polar surface area (TPSA) is 59.1 Å². The lowest BCUT2D eigenvalue weighted by atomic mass is 9.80. The van der Waals surface area contributed by atoms with E-state index >= 15 is 0 Å². The Bertz CT molecular complexity index is 700. The maximum Gasteiger partial charge on any atom is 0.423 e. The van der Waals surface area contributed by atoms with Gasteiger partial charge in [-0.25, -0.2) is 4.79 Å². The molecular formula is C18H22N2O4S. The molecule has 1 aliphatic heterocycles. The number of ether oxygens (including phenoxy) is 2. The van der Waals surface area contributed by atoms with Gasteiger partial charge in [0.15, 0.2) is 5.11 Å². The summed E-state index contributed by atoms with van der Waals surface area (Å²) >= 11 is 5.55. The molecule has 0 aromatic heterocycles. The number of nitrogens with zero attached hydrogens (tertiary/aromatic N) is 2. The average molecular weight is 362 g/mol. The summed E-state index contributed by atoms with van der Waals surface area (Å²) in [4.78, 5) is 28.4. The minimum atomic E-state index is -0.837. The quantitative estimate of drug-likeness (QED) is 0.767. The average Bonchev–Trinajstić information content (AvgIpc) is 2.82. The summed E-state index contributed by atoms with van der Waals surface area (Å²) in [5.74, 6) is 0.329. The lowest BCUT2D eigenvalue weighted by Crippen LogP contribution is -2.51. The van der Waals surface area contributed by atoms with Gasteiger partial charge in [0.25, 0.3) is 5.91 Å². The highest BCUT2D eigenvalue weighted by Crippen LogP contribution is 2.46. The van der Waals surface area contributed by atoms with Gasteiger partial charge in [-0.2, -0.15) is 4.90 Å². The third kappa shape index (κ3) is 2.76. The molecule has 6 nitrogen and oxygen atoms in total. The number of carbonyl (C=O) groups is 2. The number of methoxy groups -OCH3 is 1. The number of anilines is 1. The fourth-order valence-electron chi connectivity index (χ4n) is 3.74. The molecule has 2 aliphatic rings. The van der Waals surface area contributed by atoms with Crippen molar-refractivity contribution in [3.8, 4) is 5.75 Å². The van der Waals surface area contributed by atoms with E-state index in [0.717, 1.165) is 24.2 Å². The maximum atomic E-state index is 13.2. The minimum Gasteiger partial charge on any atom is -0.495 e. The fraction of sp³-hybridized carbons (Fsp3) is 0.500. The number of rotatable bonds is 3. The summed E-state index contributed by atoms with van der Waals surface area (Å²) in [6.45, 7) is 1.89. The van der Waals surface area contributed by atoms with Crippen LogP contribution < -0.4 is 9.64 Å². The fourth-order valence-corrected chi connectivity index (χ4v) is 4.18. The van der Waals surface area contributed by atoms with Crippen LogP contribution in [-0.4, -0.2) is 41.3 Å². The number of hydrogen-bond acceptors (Lipinski definition) is 5. The van der Waals surface area contributed by atoms with E-state index in [0.29, 0.717) is 24.3 Å². The maximum absolute atomic E-state index is 13.2. The van der Waals surface area contributed by atoms with Crippen molar-refractivity contribution in [2.45, 2.75) is 44.6 Å². The Kier molecular flexibility index (Phi) is 4.94. The molecular weight excluding hydrogens is 340 g/mol. The number of hydrogen-bond donors (Lipinski definition) is 0. The zero-order valence-electron chi connectivity index (χ0n) is 14.5. The van der Waals surface area contributed by atoms with Crippen molar-refractivity contribution in [3.05, 3.63) is 24.3 Å². The third-order valence-electron chi connectivity index (χ3n) is 4.87. The Labute approximate surface area is 152 Å². The van der Waals surface area contributed by atoms with E-state index < -0.39 is 11.6 Å². The summed E-state index contributed by atoms with van der Waals surface area (Å²) in [5.41, 5.74) is -0.131. The second-order valence-corrected chi connectivity index (χ2v) is 6.59. The van der Waals surface area contributed by atoms with Crippen LogP contribution in [-0.2, 0) is 9.53 Å². The first-order chi connectivity index (χ1) is 12.1. The molecule has 1 heterocycles. The Hall–Kier alpha value is -2.15. The molecule has 1 aromatic rings. The van der Waals surface area contributed by atoms with E-state index in [-0.39, 0.29) is 17.6 Å². The largest absolute Gasteiger partial charge is 0.495 e. The van der Waals surface area contributed by atoms with Crippen LogP contribution >= 0.6 is 12.2 Å². The minimum absolute atomic E-state index is 0.162. The van der Waals surface area contributed by atoms with Crippen LogP contribution in [0, 0.1) is 0 Å². The van der Waals surface area contributed by atoms with Crippen molar-refractivity contribution in [1.82, 2.24) is 4.90 Å². The standard InChI is InChI=1S/C18H22N2O4S/c1-3-24-17(22)19-15(21)18(11-7-4-8-12-18)20(16(19)25)13-9-5-6-10-14(13)23-2/h5-6,9-10H,3-4,7-8,11-12H2,1-2H3. The van der Waals surface area contributed by atoms with Gasteiger partial charge < -0.3 is 9.47 Å². The Morgan fingerprint density at radius 2 is 1.92 bits per heavy atom. The molecule has 1 spiro atoms. The van der Waals surface area contributed by atoms with Crippen LogP contribution in [0.25, 0.3) is 0 Å². The lowest BCUT2D eigenvalue weighted by Gasteiger charge is -2.39. The van der Waals surface area contributed by atoms with Gasteiger partial charge in [0, 0.05) is 0 Å². The van der Waals surface area contributed by atoms with Crippen LogP contribution in [0.2, 0.25) is 0 Å². The number of amides is 2. The summed E-state index contributed by atoms with van der Waals surface area (Å²) in [6.07, 6.45) is 3.49. The molecule has 0 bridgehead atoms. The van der Waals surface area contributed by atoms with Crippen molar-refractivity contribution >= 4 is 35.0 Å². The van der Waals surface area contributed by atoms with Gasteiger partial charge in [0.2, 0.25) is 0 Å². The zero-order valence-corrected chi connectivity index (χ0v) is 15.3. The molecule has 0 radical (unpaired) electrons. The second kappa shape index (κ2) is 7.00. The van der Waals surface area contributed by atoms with Crippen LogP contribution in [0.4, 0.5) is 10.5 Å². The van der Waals surface area contributed by atoms with Gasteiger partial charge in [0.05, 0.1) is 19.4 Å². The molecule has 1 saturated heterocycles. The van der Waals surface area contributed by atoms with Crippen LogP contribution in [0.5, 0.6) is 5.75 Å². The molecule has 0 atom stereocenters. The monoisotopic (exact) mass is 362 g/mol. The smallest absolute Gasteiger partial charge is 0.423 e. The predicted molar refractivity (Wildman–Crippen MR) is 97.8 cm³/mol. The predicted octanol–water partition coefficient (Wildman–Crippen LogP) is 3.49. The van der Waals surface area contributed by atoms with E-state index in [1.54, 1.807) is 18.9 Å². The number of carbonyl (C=O) groups excluding carboxylic acids is 2. The molecule has 25 heavy (non-hydrogen) atoms. The van der Waals surface area contributed by atoms with Crippen LogP contribution in [0.3, 0.4) is 0 Å². The van der Waals surface area contributed by atoms with Gasteiger partial charge in [-0.15, -0.1) is 0 Å².